The molecular formula is C19H14F2N2O4. The number of hydrogen-bond donors (Lipinski definition) is 3. The second kappa shape index (κ2) is 7.36. The van der Waals surface area contributed by atoms with Crippen molar-refractivity contribution in [3.8, 4) is 0 Å². The molecule has 27 heavy (non-hydrogen) atoms. The van der Waals surface area contributed by atoms with Crippen molar-refractivity contribution >= 4 is 5.97 Å². The van der Waals surface area contributed by atoms with E-state index >= 15 is 0 Å². The van der Waals surface area contributed by atoms with Gasteiger partial charge in [0.15, 0.2) is 0 Å². The van der Waals surface area contributed by atoms with E-state index in [0.717, 1.165) is 24.4 Å². The highest BCUT2D eigenvalue weighted by Gasteiger charge is 2.15. The van der Waals surface area contributed by atoms with Gasteiger partial charge in [0.2, 0.25) is 0 Å². The van der Waals surface area contributed by atoms with Gasteiger partial charge in [-0.15, -0.1) is 0 Å². The van der Waals surface area contributed by atoms with Gasteiger partial charge in [-0.1, -0.05) is 6.07 Å². The summed E-state index contributed by atoms with van der Waals surface area (Å²) in [6.07, 6.45) is 2.11. The van der Waals surface area contributed by atoms with E-state index in [9.17, 15) is 23.2 Å². The molecule has 2 aromatic heterocycles. The zero-order valence-electron chi connectivity index (χ0n) is 13.9. The number of carbonyl (C=O) groups is 1. The Hall–Kier alpha value is -3.55. The van der Waals surface area contributed by atoms with E-state index in [1.807, 2.05) is 0 Å². The van der Waals surface area contributed by atoms with E-state index in [0.29, 0.717) is 0 Å². The maximum atomic E-state index is 14.4. The van der Waals surface area contributed by atoms with E-state index in [1.54, 1.807) is 6.07 Å². The topological polar surface area (TPSA) is 103 Å². The molecule has 0 saturated carbocycles. The molecule has 0 saturated heterocycles. The molecule has 6 nitrogen and oxygen atoms in total. The number of carboxylic acid groups (broad SMARTS) is 1. The van der Waals surface area contributed by atoms with E-state index < -0.39 is 28.7 Å². The number of carboxylic acids is 1. The zero-order chi connectivity index (χ0) is 19.6. The van der Waals surface area contributed by atoms with Crippen LogP contribution in [0.5, 0.6) is 0 Å². The number of benzene rings is 1. The highest BCUT2D eigenvalue weighted by atomic mass is 19.1. The van der Waals surface area contributed by atoms with Gasteiger partial charge >= 0.3 is 5.97 Å². The van der Waals surface area contributed by atoms with Crippen LogP contribution in [0.1, 0.15) is 32.6 Å². The van der Waals surface area contributed by atoms with Gasteiger partial charge in [-0.25, -0.2) is 13.6 Å². The molecule has 2 heterocycles. The number of H-pyrrole nitrogens is 2. The van der Waals surface area contributed by atoms with Crippen molar-refractivity contribution in [1.82, 2.24) is 9.97 Å². The van der Waals surface area contributed by atoms with Crippen LogP contribution in [0.4, 0.5) is 8.78 Å². The minimum atomic E-state index is -1.25. The largest absolute Gasteiger partial charge is 0.478 e. The SMILES string of the molecule is O=C(O)c1c[nH]c(=O)c(Cc2cc(F)c(Cc3ccc[nH]c3=O)cc2F)c1. The summed E-state index contributed by atoms with van der Waals surface area (Å²) >= 11 is 0. The summed E-state index contributed by atoms with van der Waals surface area (Å²) in [5.41, 5.74) is -0.939. The second-order valence-electron chi connectivity index (χ2n) is 5.96. The Morgan fingerprint density at radius 1 is 0.889 bits per heavy atom. The van der Waals surface area contributed by atoms with Crippen molar-refractivity contribution in [3.05, 3.63) is 103 Å². The molecular weight excluding hydrogens is 358 g/mol. The number of aromatic amines is 2. The first-order chi connectivity index (χ1) is 12.8. The van der Waals surface area contributed by atoms with Crippen molar-refractivity contribution < 1.29 is 18.7 Å². The maximum absolute atomic E-state index is 14.4. The number of hydrogen-bond acceptors (Lipinski definition) is 3. The quantitative estimate of drug-likeness (QED) is 0.639. The molecule has 3 rings (SSSR count). The molecule has 3 aromatic rings. The minimum Gasteiger partial charge on any atom is -0.478 e. The molecule has 0 aliphatic heterocycles. The number of pyridine rings is 2. The zero-order valence-corrected chi connectivity index (χ0v) is 13.9. The van der Waals surface area contributed by atoms with Gasteiger partial charge < -0.3 is 15.1 Å². The molecule has 3 N–H and O–H groups in total. The van der Waals surface area contributed by atoms with Gasteiger partial charge in [0.1, 0.15) is 11.6 Å². The molecule has 8 heteroatoms. The first-order valence-electron chi connectivity index (χ1n) is 7.93. The van der Waals surface area contributed by atoms with E-state index in [4.69, 9.17) is 5.11 Å². The first kappa shape index (κ1) is 18.2. The Kier molecular flexibility index (Phi) is 4.98. The van der Waals surface area contributed by atoms with Crippen LogP contribution in [0, 0.1) is 11.6 Å². The molecule has 0 radical (unpaired) electrons. The molecule has 0 unspecified atom stereocenters. The van der Waals surface area contributed by atoms with Crippen LogP contribution < -0.4 is 11.1 Å². The Labute approximate surface area is 151 Å². The third kappa shape index (κ3) is 4.00. The van der Waals surface area contributed by atoms with Crippen LogP contribution in [0.3, 0.4) is 0 Å². The lowest BCUT2D eigenvalue weighted by Crippen LogP contribution is -2.16. The Balaban J connectivity index is 1.93. The van der Waals surface area contributed by atoms with E-state index in [-0.39, 0.29) is 40.7 Å². The van der Waals surface area contributed by atoms with Crippen molar-refractivity contribution in [2.24, 2.45) is 0 Å². The van der Waals surface area contributed by atoms with Crippen LogP contribution in [-0.2, 0) is 12.8 Å². The van der Waals surface area contributed by atoms with Gasteiger partial charge in [-0.2, -0.15) is 0 Å². The maximum Gasteiger partial charge on any atom is 0.337 e. The normalized spacial score (nSPS) is 10.7. The van der Waals surface area contributed by atoms with Crippen LogP contribution in [0.15, 0.2) is 52.3 Å². The summed E-state index contributed by atoms with van der Waals surface area (Å²) in [7, 11) is 0. The fourth-order valence-corrected chi connectivity index (χ4v) is 2.69. The first-order valence-corrected chi connectivity index (χ1v) is 7.93. The summed E-state index contributed by atoms with van der Waals surface area (Å²) in [5.74, 6) is -2.72. The van der Waals surface area contributed by atoms with Crippen molar-refractivity contribution in [1.29, 1.82) is 0 Å². The van der Waals surface area contributed by atoms with E-state index in [2.05, 4.69) is 9.97 Å². The highest BCUT2D eigenvalue weighted by Crippen LogP contribution is 2.19. The van der Waals surface area contributed by atoms with Crippen molar-refractivity contribution in [2.45, 2.75) is 12.8 Å². The summed E-state index contributed by atoms with van der Waals surface area (Å²) in [6, 6.07) is 6.15. The van der Waals surface area contributed by atoms with E-state index in [1.165, 1.54) is 12.3 Å². The lowest BCUT2D eigenvalue weighted by Gasteiger charge is -2.08. The fraction of sp³-hybridized carbons (Fsp3) is 0.105. The van der Waals surface area contributed by atoms with Gasteiger partial charge in [0.05, 0.1) is 5.56 Å². The van der Waals surface area contributed by atoms with Crippen molar-refractivity contribution in [3.63, 3.8) is 0 Å². The van der Waals surface area contributed by atoms with Gasteiger partial charge in [-0.3, -0.25) is 9.59 Å². The smallest absolute Gasteiger partial charge is 0.337 e. The number of halogens is 2. The molecule has 0 aliphatic carbocycles. The van der Waals surface area contributed by atoms with Gasteiger partial charge in [-0.05, 0) is 35.4 Å². The van der Waals surface area contributed by atoms with Crippen LogP contribution >= 0.6 is 0 Å². The number of rotatable bonds is 5. The van der Waals surface area contributed by atoms with Crippen molar-refractivity contribution in [2.75, 3.05) is 0 Å². The second-order valence-corrected chi connectivity index (χ2v) is 5.96. The highest BCUT2D eigenvalue weighted by molar-refractivity contribution is 5.87. The standard InChI is InChI=1S/C19H14F2N2O4/c20-15-8-12(5-13-6-14(19(26)27)9-23-18(13)25)16(21)7-11(15)4-10-2-1-3-22-17(10)24/h1-3,6-9H,4-5H2,(H,22,24)(H,23,25)(H,26,27). The number of aromatic carboxylic acids is 1. The number of aromatic nitrogens is 2. The predicted molar refractivity (Wildman–Crippen MR) is 93.1 cm³/mol. The predicted octanol–water partition coefficient (Wildman–Crippen LogP) is 2.22. The summed E-state index contributed by atoms with van der Waals surface area (Å²) < 4.78 is 28.8. The molecule has 0 atom stereocenters. The summed E-state index contributed by atoms with van der Waals surface area (Å²) in [6.45, 7) is 0. The molecule has 0 fully saturated rings. The molecule has 0 amide bonds. The molecule has 0 bridgehead atoms. The molecule has 138 valence electrons. The summed E-state index contributed by atoms with van der Waals surface area (Å²) in [4.78, 5) is 39.3. The van der Waals surface area contributed by atoms with Gasteiger partial charge in [0, 0.05) is 36.4 Å². The Morgan fingerprint density at radius 3 is 2.07 bits per heavy atom. The molecule has 0 aliphatic rings. The monoisotopic (exact) mass is 372 g/mol. The molecule has 0 spiro atoms. The molecule has 1 aromatic carbocycles. The lowest BCUT2D eigenvalue weighted by atomic mass is 9.99. The third-order valence-electron chi connectivity index (χ3n) is 4.10. The van der Waals surface area contributed by atoms with Crippen LogP contribution in [0.2, 0.25) is 0 Å². The van der Waals surface area contributed by atoms with Crippen LogP contribution in [0.25, 0.3) is 0 Å². The fourth-order valence-electron chi connectivity index (χ4n) is 2.69. The lowest BCUT2D eigenvalue weighted by molar-refractivity contribution is 0.0696. The van der Waals surface area contributed by atoms with Crippen LogP contribution in [-0.4, -0.2) is 21.0 Å². The third-order valence-corrected chi connectivity index (χ3v) is 4.10. The number of nitrogens with one attached hydrogen (secondary N) is 2. The minimum absolute atomic E-state index is 0.000420. The summed E-state index contributed by atoms with van der Waals surface area (Å²) in [5, 5.41) is 8.98. The Morgan fingerprint density at radius 2 is 1.48 bits per heavy atom. The Bertz CT molecular complexity index is 1140. The van der Waals surface area contributed by atoms with Gasteiger partial charge in [0.25, 0.3) is 11.1 Å². The average Bonchev–Trinajstić information content (AvgIpc) is 2.62. The average molecular weight is 372 g/mol.